The maximum atomic E-state index is 12.0. The zero-order chi connectivity index (χ0) is 16.5. The number of azide groups is 1. The van der Waals surface area contributed by atoms with Gasteiger partial charge >= 0.3 is 6.09 Å². The van der Waals surface area contributed by atoms with Crippen LogP contribution in [0.2, 0.25) is 0 Å². The molecule has 1 amide bonds. The Labute approximate surface area is 129 Å². The van der Waals surface area contributed by atoms with Crippen LogP contribution in [0.5, 0.6) is 0 Å². The lowest BCUT2D eigenvalue weighted by atomic mass is 9.74. The normalized spacial score (nSPS) is 18.1. The molecule has 0 N–H and O–H groups in total. The van der Waals surface area contributed by atoms with Crippen LogP contribution in [0.4, 0.5) is 4.79 Å². The minimum Gasteiger partial charge on any atom is -0.466 e. The van der Waals surface area contributed by atoms with E-state index in [1.165, 1.54) is 0 Å². The molecular formula is C15H22N4O3. The first-order chi connectivity index (χ1) is 10.1. The second kappa shape index (κ2) is 5.57. The minimum absolute atomic E-state index is 0.347. The van der Waals surface area contributed by atoms with E-state index >= 15 is 0 Å². The van der Waals surface area contributed by atoms with E-state index in [4.69, 9.17) is 14.7 Å². The Morgan fingerprint density at radius 2 is 2.14 bits per heavy atom. The maximum Gasteiger partial charge on any atom is 0.410 e. The van der Waals surface area contributed by atoms with Crippen molar-refractivity contribution in [3.8, 4) is 0 Å². The molecule has 0 aromatic carbocycles. The molecule has 1 fully saturated rings. The fraction of sp³-hybridized carbons (Fsp3) is 0.667. The summed E-state index contributed by atoms with van der Waals surface area (Å²) in [7, 11) is 0. The Morgan fingerprint density at radius 1 is 1.50 bits per heavy atom. The highest BCUT2D eigenvalue weighted by atomic mass is 16.6. The predicted octanol–water partition coefficient (Wildman–Crippen LogP) is 4.20. The second-order valence-corrected chi connectivity index (χ2v) is 7.05. The molecule has 120 valence electrons. The summed E-state index contributed by atoms with van der Waals surface area (Å²) in [4.78, 5) is 16.6. The van der Waals surface area contributed by atoms with E-state index in [1.807, 2.05) is 46.8 Å². The third kappa shape index (κ3) is 3.36. The molecule has 22 heavy (non-hydrogen) atoms. The first-order valence-corrected chi connectivity index (χ1v) is 7.23. The topological polar surface area (TPSA) is 91.4 Å². The summed E-state index contributed by atoms with van der Waals surface area (Å²) in [5.41, 5.74) is 7.95. The lowest BCUT2D eigenvalue weighted by Crippen LogP contribution is -2.59. The van der Waals surface area contributed by atoms with Crippen LogP contribution in [-0.2, 0) is 4.74 Å². The number of carbonyl (C=O) groups excluding carboxylic acids is 1. The number of hydrogen-bond donors (Lipinski definition) is 0. The Kier molecular flexibility index (Phi) is 4.11. The molecule has 1 aromatic heterocycles. The minimum atomic E-state index is -0.522. The van der Waals surface area contributed by atoms with Gasteiger partial charge in [-0.2, -0.15) is 0 Å². The van der Waals surface area contributed by atoms with Crippen molar-refractivity contribution in [2.45, 2.75) is 46.3 Å². The summed E-state index contributed by atoms with van der Waals surface area (Å²) in [5.74, 6) is 1.39. The summed E-state index contributed by atoms with van der Waals surface area (Å²) < 4.78 is 10.9. The molecule has 1 atom stereocenters. The third-order valence-corrected chi connectivity index (χ3v) is 3.61. The van der Waals surface area contributed by atoms with E-state index in [9.17, 15) is 4.79 Å². The summed E-state index contributed by atoms with van der Waals surface area (Å²) in [6.45, 7) is 10.2. The molecule has 2 heterocycles. The van der Waals surface area contributed by atoms with Crippen LogP contribution in [0.1, 0.15) is 45.3 Å². The molecule has 1 aliphatic rings. The average molecular weight is 306 g/mol. The molecular weight excluding hydrogens is 284 g/mol. The lowest BCUT2D eigenvalue weighted by molar-refractivity contribution is -0.0394. The zero-order valence-electron chi connectivity index (χ0n) is 13.7. The number of ether oxygens (including phenoxy) is 1. The molecule has 0 spiro atoms. The smallest absolute Gasteiger partial charge is 0.410 e. The molecule has 0 radical (unpaired) electrons. The van der Waals surface area contributed by atoms with Crippen molar-refractivity contribution in [3.63, 3.8) is 0 Å². The molecule has 7 nitrogen and oxygen atoms in total. The number of amides is 1. The van der Waals surface area contributed by atoms with Gasteiger partial charge in [-0.1, -0.05) is 12.0 Å². The number of aryl methyl sites for hydroxylation is 1. The highest BCUT2D eigenvalue weighted by Gasteiger charge is 2.49. The van der Waals surface area contributed by atoms with Gasteiger partial charge in [0.2, 0.25) is 0 Å². The van der Waals surface area contributed by atoms with Crippen molar-refractivity contribution in [2.75, 3.05) is 13.1 Å². The van der Waals surface area contributed by atoms with E-state index in [2.05, 4.69) is 10.0 Å². The second-order valence-electron chi connectivity index (χ2n) is 7.05. The number of nitrogens with zero attached hydrogens (tertiary/aromatic N) is 4. The Hall–Kier alpha value is -2.14. The van der Waals surface area contributed by atoms with Crippen LogP contribution in [-0.4, -0.2) is 29.7 Å². The number of likely N-dealkylation sites (tertiary alicyclic amines) is 1. The first kappa shape index (κ1) is 16.2. The fourth-order valence-electron chi connectivity index (χ4n) is 2.65. The van der Waals surface area contributed by atoms with Crippen LogP contribution in [0.25, 0.3) is 10.4 Å². The van der Waals surface area contributed by atoms with Crippen LogP contribution < -0.4 is 0 Å². The van der Waals surface area contributed by atoms with Crippen molar-refractivity contribution in [1.29, 1.82) is 0 Å². The quantitative estimate of drug-likeness (QED) is 0.476. The van der Waals surface area contributed by atoms with Crippen molar-refractivity contribution < 1.29 is 13.9 Å². The zero-order valence-corrected chi connectivity index (χ0v) is 13.7. The number of furan rings is 1. The van der Waals surface area contributed by atoms with Gasteiger partial charge in [-0.15, -0.1) is 0 Å². The molecule has 7 heteroatoms. The maximum absolute atomic E-state index is 12.0. The van der Waals surface area contributed by atoms with Crippen molar-refractivity contribution in [1.82, 2.24) is 4.90 Å². The summed E-state index contributed by atoms with van der Waals surface area (Å²) in [6, 6.07) is 3.21. The number of rotatable bonds is 3. The average Bonchev–Trinajstić information content (AvgIpc) is 2.76. The molecule has 0 saturated carbocycles. The standard InChI is InChI=1S/C15H22N4O3/c1-10-6-7-11(21-10)12(17-18-16)15(5)8-19(9-15)13(20)22-14(2,3)4/h6-7,12H,8-9H2,1-5H3. The summed E-state index contributed by atoms with van der Waals surface area (Å²) in [5, 5.41) is 3.88. The van der Waals surface area contributed by atoms with E-state index in [0.717, 1.165) is 5.76 Å². The summed E-state index contributed by atoms with van der Waals surface area (Å²) in [6.07, 6.45) is -0.347. The molecule has 2 rings (SSSR count). The molecule has 1 aromatic rings. The van der Waals surface area contributed by atoms with Crippen molar-refractivity contribution >= 4 is 6.09 Å². The van der Waals surface area contributed by atoms with Gasteiger partial charge in [0, 0.05) is 23.4 Å². The Balaban J connectivity index is 2.09. The van der Waals surface area contributed by atoms with E-state index in [1.54, 1.807) is 4.90 Å². The first-order valence-electron chi connectivity index (χ1n) is 7.23. The van der Waals surface area contributed by atoms with Gasteiger partial charge in [-0.05, 0) is 45.4 Å². The van der Waals surface area contributed by atoms with Gasteiger partial charge < -0.3 is 14.1 Å². The van der Waals surface area contributed by atoms with Crippen molar-refractivity contribution in [2.24, 2.45) is 10.5 Å². The SMILES string of the molecule is Cc1ccc(C(N=[N+]=[N-])C2(C)CN(C(=O)OC(C)(C)C)C2)o1. The molecule has 1 aliphatic heterocycles. The lowest BCUT2D eigenvalue weighted by Gasteiger charge is -2.50. The molecule has 1 unspecified atom stereocenters. The largest absolute Gasteiger partial charge is 0.466 e. The monoisotopic (exact) mass is 306 g/mol. The molecule has 1 saturated heterocycles. The van der Waals surface area contributed by atoms with Crippen LogP contribution in [0.15, 0.2) is 21.7 Å². The number of hydrogen-bond acceptors (Lipinski definition) is 4. The highest BCUT2D eigenvalue weighted by Crippen LogP contribution is 2.45. The van der Waals surface area contributed by atoms with Gasteiger partial charge in [0.15, 0.2) is 0 Å². The van der Waals surface area contributed by atoms with Crippen LogP contribution in [0.3, 0.4) is 0 Å². The number of carbonyl (C=O) groups is 1. The van der Waals surface area contributed by atoms with Gasteiger partial charge in [0.05, 0.1) is 0 Å². The van der Waals surface area contributed by atoms with Gasteiger partial charge in [-0.25, -0.2) is 4.79 Å². The van der Waals surface area contributed by atoms with E-state index in [-0.39, 0.29) is 11.5 Å². The summed E-state index contributed by atoms with van der Waals surface area (Å²) >= 11 is 0. The molecule has 0 bridgehead atoms. The Bertz CT molecular complexity index is 605. The van der Waals surface area contributed by atoms with E-state index < -0.39 is 11.6 Å². The molecule has 0 aliphatic carbocycles. The fourth-order valence-corrected chi connectivity index (χ4v) is 2.65. The third-order valence-electron chi connectivity index (χ3n) is 3.61. The van der Waals surface area contributed by atoms with Gasteiger partial charge in [0.1, 0.15) is 23.2 Å². The van der Waals surface area contributed by atoms with Crippen molar-refractivity contribution in [3.05, 3.63) is 34.1 Å². The Morgan fingerprint density at radius 3 is 2.59 bits per heavy atom. The predicted molar refractivity (Wildman–Crippen MR) is 81.2 cm³/mol. The van der Waals surface area contributed by atoms with Gasteiger partial charge in [-0.3, -0.25) is 0 Å². The van der Waals surface area contributed by atoms with Gasteiger partial charge in [0.25, 0.3) is 0 Å². The van der Waals surface area contributed by atoms with Crippen LogP contribution >= 0.6 is 0 Å². The van der Waals surface area contributed by atoms with E-state index in [0.29, 0.717) is 18.8 Å². The highest BCUT2D eigenvalue weighted by molar-refractivity contribution is 5.69. The van der Waals surface area contributed by atoms with Crippen LogP contribution in [0, 0.1) is 12.3 Å².